The topological polar surface area (TPSA) is 97.2 Å². The number of fused-ring (bicyclic) bond motifs is 1. The van der Waals surface area contributed by atoms with E-state index in [-0.39, 0.29) is 10.8 Å². The highest BCUT2D eigenvalue weighted by atomic mass is 32.2. The molecule has 1 amide bonds. The van der Waals surface area contributed by atoms with E-state index in [1.807, 2.05) is 12.1 Å². The molecule has 0 fully saturated rings. The molecule has 0 atom stereocenters. The van der Waals surface area contributed by atoms with Crippen molar-refractivity contribution >= 4 is 33.0 Å². The lowest BCUT2D eigenvalue weighted by molar-refractivity contribution is -0.116. The molecule has 1 aliphatic rings. The Morgan fingerprint density at radius 3 is 2.70 bits per heavy atom. The Hall–Kier alpha value is -2.56. The monoisotopic (exact) mass is 445 g/mol. The maximum absolute atomic E-state index is 12.4. The van der Waals surface area contributed by atoms with Gasteiger partial charge in [0.15, 0.2) is 5.82 Å². The molecule has 1 N–H and O–H groups in total. The summed E-state index contributed by atoms with van der Waals surface area (Å²) in [7, 11) is -2.26. The molecular weight excluding hydrogens is 422 g/mol. The highest BCUT2D eigenvalue weighted by molar-refractivity contribution is 7.91. The molecule has 8 nitrogen and oxygen atoms in total. The van der Waals surface area contributed by atoms with Crippen LogP contribution < -0.4 is 5.32 Å². The van der Waals surface area contributed by atoms with Crippen LogP contribution in [0.1, 0.15) is 25.1 Å². The maximum Gasteiger partial charge on any atom is 0.252 e. The molecule has 3 aromatic rings. The van der Waals surface area contributed by atoms with Gasteiger partial charge in [-0.3, -0.25) is 4.79 Å². The largest absolute Gasteiger partial charge is 0.325 e. The molecule has 0 spiro atoms. The lowest BCUT2D eigenvalue weighted by Crippen LogP contribution is -2.34. The number of aromatic nitrogens is 3. The molecule has 0 radical (unpaired) electrons. The molecule has 0 saturated heterocycles. The molecule has 0 bridgehead atoms. The van der Waals surface area contributed by atoms with E-state index in [1.165, 1.54) is 19.5 Å². The van der Waals surface area contributed by atoms with Crippen LogP contribution in [0.5, 0.6) is 0 Å². The van der Waals surface area contributed by atoms with Crippen LogP contribution in [-0.2, 0) is 27.8 Å². The smallest absolute Gasteiger partial charge is 0.252 e. The van der Waals surface area contributed by atoms with Gasteiger partial charge < -0.3 is 9.88 Å². The molecule has 0 unspecified atom stereocenters. The van der Waals surface area contributed by atoms with E-state index in [0.717, 1.165) is 58.7 Å². The molecule has 2 aromatic heterocycles. The summed E-state index contributed by atoms with van der Waals surface area (Å²) >= 11 is 1.13. The van der Waals surface area contributed by atoms with Gasteiger partial charge in [-0.05, 0) is 48.6 Å². The van der Waals surface area contributed by atoms with E-state index in [4.69, 9.17) is 0 Å². The van der Waals surface area contributed by atoms with Gasteiger partial charge in [0.1, 0.15) is 10.0 Å². The van der Waals surface area contributed by atoms with Crippen LogP contribution in [0.3, 0.4) is 0 Å². The average molecular weight is 446 g/mol. The number of hydrogen-bond acceptors (Lipinski definition) is 6. The van der Waals surface area contributed by atoms with Gasteiger partial charge in [-0.15, -0.1) is 21.5 Å². The molecule has 0 saturated carbocycles. The number of nitrogens with one attached hydrogen (secondary N) is 1. The zero-order valence-corrected chi connectivity index (χ0v) is 18.2. The van der Waals surface area contributed by atoms with Crippen molar-refractivity contribution in [1.29, 1.82) is 0 Å². The quantitative estimate of drug-likeness (QED) is 0.629. The lowest BCUT2D eigenvalue weighted by Gasteiger charge is -2.15. The van der Waals surface area contributed by atoms with Crippen molar-refractivity contribution < 1.29 is 13.2 Å². The first-order valence-corrected chi connectivity index (χ1v) is 12.1. The third-order valence-electron chi connectivity index (χ3n) is 5.06. The molecule has 1 aliphatic heterocycles. The number of thiophene rings is 1. The average Bonchev–Trinajstić information content (AvgIpc) is 3.35. The molecule has 3 heterocycles. The van der Waals surface area contributed by atoms with Crippen LogP contribution in [-0.4, -0.2) is 47.0 Å². The fourth-order valence-electron chi connectivity index (χ4n) is 3.45. The first kappa shape index (κ1) is 20.7. The van der Waals surface area contributed by atoms with Crippen molar-refractivity contribution in [2.45, 2.75) is 36.4 Å². The number of nitrogens with zero attached hydrogens (tertiary/aromatic N) is 4. The second kappa shape index (κ2) is 8.66. The Kier molecular flexibility index (Phi) is 5.98. The van der Waals surface area contributed by atoms with E-state index < -0.39 is 15.9 Å². The number of hydrogen-bond donors (Lipinski definition) is 1. The first-order valence-electron chi connectivity index (χ1n) is 9.77. The molecule has 158 valence electrons. The minimum absolute atomic E-state index is 0.217. The van der Waals surface area contributed by atoms with Gasteiger partial charge in [-0.2, -0.15) is 4.31 Å². The predicted molar refractivity (Wildman–Crippen MR) is 116 cm³/mol. The second-order valence-electron chi connectivity index (χ2n) is 7.22. The highest BCUT2D eigenvalue weighted by Gasteiger charge is 2.24. The Morgan fingerprint density at radius 2 is 1.97 bits per heavy atom. The van der Waals surface area contributed by atoms with E-state index >= 15 is 0 Å². The van der Waals surface area contributed by atoms with E-state index in [9.17, 15) is 13.2 Å². The summed E-state index contributed by atoms with van der Waals surface area (Å²) in [6.45, 7) is 0.654. The van der Waals surface area contributed by atoms with Crippen molar-refractivity contribution in [3.05, 3.63) is 47.6 Å². The van der Waals surface area contributed by atoms with Crippen LogP contribution >= 0.6 is 11.3 Å². The van der Waals surface area contributed by atoms with Crippen LogP contribution in [0.25, 0.3) is 11.4 Å². The first-order chi connectivity index (χ1) is 14.4. The van der Waals surface area contributed by atoms with Crippen molar-refractivity contribution in [3.8, 4) is 11.4 Å². The highest BCUT2D eigenvalue weighted by Crippen LogP contribution is 2.24. The van der Waals surface area contributed by atoms with Crippen LogP contribution in [0, 0.1) is 0 Å². The van der Waals surface area contributed by atoms with Gasteiger partial charge in [0.25, 0.3) is 10.0 Å². The summed E-state index contributed by atoms with van der Waals surface area (Å²) in [5, 5.41) is 13.1. The van der Waals surface area contributed by atoms with Gasteiger partial charge in [-0.1, -0.05) is 12.5 Å². The Bertz CT molecular complexity index is 1120. The van der Waals surface area contributed by atoms with E-state index in [2.05, 4.69) is 20.1 Å². The fourth-order valence-corrected chi connectivity index (χ4v) is 5.78. The normalized spacial score (nSPS) is 14.3. The summed E-state index contributed by atoms with van der Waals surface area (Å²) in [6.07, 6.45) is 4.40. The third kappa shape index (κ3) is 4.30. The maximum atomic E-state index is 12.4. The number of rotatable bonds is 6. The Labute approximate surface area is 179 Å². The third-order valence-corrected chi connectivity index (χ3v) is 8.24. The van der Waals surface area contributed by atoms with E-state index in [0.29, 0.717) is 5.69 Å². The van der Waals surface area contributed by atoms with E-state index in [1.54, 1.807) is 23.6 Å². The van der Waals surface area contributed by atoms with Gasteiger partial charge in [0.2, 0.25) is 5.91 Å². The van der Waals surface area contributed by atoms with Gasteiger partial charge >= 0.3 is 0 Å². The molecule has 30 heavy (non-hydrogen) atoms. The zero-order chi connectivity index (χ0) is 21.1. The number of likely N-dealkylation sites (N-methyl/N-ethyl adjacent to an activating group) is 1. The van der Waals surface area contributed by atoms with Gasteiger partial charge in [0.05, 0.1) is 6.54 Å². The van der Waals surface area contributed by atoms with Crippen molar-refractivity contribution in [2.24, 2.45) is 0 Å². The number of sulfonamides is 1. The SMILES string of the molecule is CN(CC(=O)Nc1ccc(-c2nnc3n2CCCCC3)cc1)S(=O)(=O)c1cccs1. The number of anilines is 1. The number of amides is 1. The molecule has 4 rings (SSSR count). The number of benzene rings is 1. The van der Waals surface area contributed by atoms with Crippen LogP contribution in [0.2, 0.25) is 0 Å². The fraction of sp³-hybridized carbons (Fsp3) is 0.350. The Balaban J connectivity index is 1.42. The molecular formula is C20H23N5O3S2. The lowest BCUT2D eigenvalue weighted by atomic mass is 10.2. The zero-order valence-electron chi connectivity index (χ0n) is 16.6. The summed E-state index contributed by atoms with van der Waals surface area (Å²) in [5.74, 6) is 1.46. The Morgan fingerprint density at radius 1 is 1.17 bits per heavy atom. The standard InChI is InChI=1S/C20H23N5O3S2/c1-24(30(27,28)19-7-5-13-29-19)14-18(26)21-16-10-8-15(9-11-16)20-23-22-17-6-3-2-4-12-25(17)20/h5,7-11,13H,2-4,6,12,14H2,1H3,(H,21,26). The predicted octanol–water partition coefficient (Wildman–Crippen LogP) is 2.99. The van der Waals surface area contributed by atoms with Gasteiger partial charge in [0, 0.05) is 31.3 Å². The molecule has 0 aliphatic carbocycles. The van der Waals surface area contributed by atoms with Gasteiger partial charge in [-0.25, -0.2) is 8.42 Å². The molecule has 1 aromatic carbocycles. The van der Waals surface area contributed by atoms with Crippen LogP contribution in [0.15, 0.2) is 46.0 Å². The van der Waals surface area contributed by atoms with Crippen molar-refractivity contribution in [3.63, 3.8) is 0 Å². The number of carbonyl (C=O) groups is 1. The number of carbonyl (C=O) groups excluding carboxylic acids is 1. The number of aryl methyl sites for hydroxylation is 1. The minimum Gasteiger partial charge on any atom is -0.325 e. The summed E-state index contributed by atoms with van der Waals surface area (Å²) < 4.78 is 28.3. The summed E-state index contributed by atoms with van der Waals surface area (Å²) in [6, 6.07) is 10.6. The minimum atomic E-state index is -3.66. The van der Waals surface area contributed by atoms with Crippen LogP contribution in [0.4, 0.5) is 5.69 Å². The summed E-state index contributed by atoms with van der Waals surface area (Å²) in [5.41, 5.74) is 1.53. The summed E-state index contributed by atoms with van der Waals surface area (Å²) in [4.78, 5) is 12.3. The second-order valence-corrected chi connectivity index (χ2v) is 10.4. The van der Waals surface area contributed by atoms with Crippen molar-refractivity contribution in [2.75, 3.05) is 18.9 Å². The molecule has 10 heteroatoms. The van der Waals surface area contributed by atoms with Crippen molar-refractivity contribution in [1.82, 2.24) is 19.1 Å².